The van der Waals surface area contributed by atoms with Gasteiger partial charge in [-0.3, -0.25) is 14.1 Å². The largest absolute Gasteiger partial charge is 0.492 e. The molecule has 2 aliphatic rings. The number of fused-ring (bicyclic) bond motifs is 2. The van der Waals surface area contributed by atoms with Crippen LogP contribution >= 0.6 is 0 Å². The molecular weight excluding hydrogens is 485 g/mol. The Hall–Kier alpha value is -4.17. The molecule has 0 aliphatic carbocycles. The van der Waals surface area contributed by atoms with Gasteiger partial charge in [0.15, 0.2) is 0 Å². The van der Waals surface area contributed by atoms with Crippen molar-refractivity contribution in [3.8, 4) is 17.2 Å². The number of aromatic amines is 1. The smallest absolute Gasteiger partial charge is 0.298 e. The van der Waals surface area contributed by atoms with Crippen LogP contribution in [0.1, 0.15) is 29.7 Å². The predicted octanol–water partition coefficient (Wildman–Crippen LogP) is 5.44. The minimum atomic E-state index is -0.379. The van der Waals surface area contributed by atoms with E-state index in [1.165, 1.54) is 0 Å². The van der Waals surface area contributed by atoms with Crippen LogP contribution in [0.4, 0.5) is 4.39 Å². The highest BCUT2D eigenvalue weighted by Gasteiger charge is 2.31. The Morgan fingerprint density at radius 2 is 1.92 bits per heavy atom. The van der Waals surface area contributed by atoms with Gasteiger partial charge in [-0.2, -0.15) is 0 Å². The van der Waals surface area contributed by atoms with E-state index in [9.17, 15) is 9.18 Å². The summed E-state index contributed by atoms with van der Waals surface area (Å²) < 4.78 is 30.3. The Labute approximate surface area is 219 Å². The number of benzene rings is 3. The fraction of sp³-hybridized carbons (Fsp3) is 0.267. The second-order valence-electron chi connectivity index (χ2n) is 9.71. The normalized spacial score (nSPS) is 17.6. The molecule has 1 atom stereocenters. The van der Waals surface area contributed by atoms with Crippen LogP contribution in [0.2, 0.25) is 0 Å². The Bertz CT molecular complexity index is 1490. The van der Waals surface area contributed by atoms with Crippen molar-refractivity contribution in [2.24, 2.45) is 5.92 Å². The highest BCUT2D eigenvalue weighted by Crippen LogP contribution is 2.48. The van der Waals surface area contributed by atoms with Crippen LogP contribution < -0.4 is 14.2 Å². The van der Waals surface area contributed by atoms with Crippen molar-refractivity contribution in [2.75, 3.05) is 32.9 Å². The van der Waals surface area contributed by atoms with E-state index in [1.807, 2.05) is 48.5 Å². The van der Waals surface area contributed by atoms with Gasteiger partial charge in [0.05, 0.1) is 24.0 Å². The van der Waals surface area contributed by atoms with E-state index in [0.29, 0.717) is 24.6 Å². The second kappa shape index (κ2) is 10.3. The third-order valence-electron chi connectivity index (χ3n) is 7.30. The van der Waals surface area contributed by atoms with Gasteiger partial charge in [-0.25, -0.2) is 4.98 Å². The Balaban J connectivity index is 1.31. The van der Waals surface area contributed by atoms with Crippen LogP contribution in [0, 0.1) is 5.92 Å². The number of para-hydroxylation sites is 1. The third-order valence-corrected chi connectivity index (χ3v) is 7.30. The number of carbonyl (C=O) groups excluding carboxylic acids is 1. The summed E-state index contributed by atoms with van der Waals surface area (Å²) in [6, 6.07) is 19.4. The molecule has 1 saturated heterocycles. The number of allylic oxidation sites excluding steroid dienone is 1. The van der Waals surface area contributed by atoms with Gasteiger partial charge in [-0.1, -0.05) is 24.3 Å². The van der Waals surface area contributed by atoms with Gasteiger partial charge in [0.1, 0.15) is 30.0 Å². The summed E-state index contributed by atoms with van der Waals surface area (Å²) in [4.78, 5) is 20.9. The summed E-state index contributed by atoms with van der Waals surface area (Å²) >= 11 is 0. The van der Waals surface area contributed by atoms with E-state index < -0.39 is 0 Å². The van der Waals surface area contributed by atoms with Crippen molar-refractivity contribution >= 4 is 28.7 Å². The summed E-state index contributed by atoms with van der Waals surface area (Å²) in [5, 5.41) is 0. The third kappa shape index (κ3) is 4.52. The molecule has 0 spiro atoms. The molecular formula is C30H28FN3O4. The zero-order chi connectivity index (χ0) is 26.1. The summed E-state index contributed by atoms with van der Waals surface area (Å²) in [5.41, 5.74) is 6.63. The van der Waals surface area contributed by atoms with Crippen LogP contribution in [0.15, 0.2) is 67.0 Å². The highest BCUT2D eigenvalue weighted by molar-refractivity contribution is 6.02. The number of nitrogens with zero attached hydrogens (tertiary/aromatic N) is 2. The zero-order valence-electron chi connectivity index (χ0n) is 21.0. The quantitative estimate of drug-likeness (QED) is 0.300. The molecule has 3 aromatic carbocycles. The minimum Gasteiger partial charge on any atom is -0.492 e. The van der Waals surface area contributed by atoms with Crippen molar-refractivity contribution in [3.05, 3.63) is 83.7 Å². The molecule has 38 heavy (non-hydrogen) atoms. The standard InChI is InChI=1S/C30H28FN3O4/c1-19-25-13-23(37-18-35)9-10-27(25)38-30(28(19)24-3-2-4-26-29(24)33-17-32-26)21-5-7-22(8-6-21)36-12-11-34-15-20(14-31)16-34/h2-10,13,17-18,20,30H,11-12,14-16H2,1H3,(H,32,33). The molecule has 0 saturated carbocycles. The van der Waals surface area contributed by atoms with E-state index in [1.54, 1.807) is 12.4 Å². The second-order valence-corrected chi connectivity index (χ2v) is 9.71. The van der Waals surface area contributed by atoms with Crippen LogP contribution in [0.3, 0.4) is 0 Å². The van der Waals surface area contributed by atoms with Crippen molar-refractivity contribution < 1.29 is 23.4 Å². The molecule has 2 aliphatic heterocycles. The van der Waals surface area contributed by atoms with Crippen molar-refractivity contribution in [2.45, 2.75) is 13.0 Å². The Morgan fingerprint density at radius 1 is 1.11 bits per heavy atom. The first-order valence-electron chi connectivity index (χ1n) is 12.7. The van der Waals surface area contributed by atoms with Crippen molar-refractivity contribution in [1.82, 2.24) is 14.9 Å². The molecule has 0 amide bonds. The number of carbonyl (C=O) groups is 1. The number of hydrogen-bond donors (Lipinski definition) is 1. The molecule has 194 valence electrons. The van der Waals surface area contributed by atoms with Crippen LogP contribution in [-0.4, -0.2) is 54.3 Å². The number of halogens is 1. The monoisotopic (exact) mass is 513 g/mol. The maximum atomic E-state index is 12.6. The topological polar surface area (TPSA) is 76.7 Å². The maximum Gasteiger partial charge on any atom is 0.298 e. The van der Waals surface area contributed by atoms with Gasteiger partial charge in [0.25, 0.3) is 6.47 Å². The summed E-state index contributed by atoms with van der Waals surface area (Å²) in [6.07, 6.45) is 1.31. The van der Waals surface area contributed by atoms with Gasteiger partial charge in [0, 0.05) is 42.3 Å². The van der Waals surface area contributed by atoms with Gasteiger partial charge in [-0.15, -0.1) is 0 Å². The van der Waals surface area contributed by atoms with E-state index in [2.05, 4.69) is 27.9 Å². The highest BCUT2D eigenvalue weighted by atomic mass is 19.1. The lowest BCUT2D eigenvalue weighted by Crippen LogP contribution is -2.49. The first kappa shape index (κ1) is 24.2. The van der Waals surface area contributed by atoms with Gasteiger partial charge in [0.2, 0.25) is 0 Å². The van der Waals surface area contributed by atoms with Crippen LogP contribution in [0.5, 0.6) is 17.2 Å². The molecule has 8 heteroatoms. The van der Waals surface area contributed by atoms with E-state index in [0.717, 1.165) is 64.3 Å². The van der Waals surface area contributed by atoms with E-state index in [-0.39, 0.29) is 18.7 Å². The van der Waals surface area contributed by atoms with Crippen molar-refractivity contribution in [3.63, 3.8) is 0 Å². The maximum absolute atomic E-state index is 12.6. The summed E-state index contributed by atoms with van der Waals surface area (Å²) in [7, 11) is 0. The number of H-pyrrole nitrogens is 1. The summed E-state index contributed by atoms with van der Waals surface area (Å²) in [6.45, 7) is 5.19. The first-order valence-corrected chi connectivity index (χ1v) is 12.7. The van der Waals surface area contributed by atoms with Gasteiger partial charge in [-0.05, 0) is 54.5 Å². The van der Waals surface area contributed by atoms with Gasteiger partial charge < -0.3 is 19.2 Å². The molecule has 1 unspecified atom stereocenters. The first-order chi connectivity index (χ1) is 18.6. The SMILES string of the molecule is CC1=C(c2cccc3[nH]cnc23)C(c2ccc(OCCN3CC(CF)C3)cc2)Oc2ccc(OC=O)cc21. The number of nitrogens with one attached hydrogen (secondary N) is 1. The molecule has 0 bridgehead atoms. The van der Waals surface area contributed by atoms with Crippen LogP contribution in [-0.2, 0) is 4.79 Å². The number of rotatable bonds is 9. The molecule has 1 fully saturated rings. The lowest BCUT2D eigenvalue weighted by atomic mass is 9.85. The Morgan fingerprint density at radius 3 is 2.71 bits per heavy atom. The number of alkyl halides is 1. The number of likely N-dealkylation sites (tertiary alicyclic amines) is 1. The van der Waals surface area contributed by atoms with E-state index in [4.69, 9.17) is 14.2 Å². The fourth-order valence-electron chi connectivity index (χ4n) is 5.31. The van der Waals surface area contributed by atoms with Gasteiger partial charge >= 0.3 is 0 Å². The molecule has 1 N–H and O–H groups in total. The molecule has 0 radical (unpaired) electrons. The average molecular weight is 514 g/mol. The van der Waals surface area contributed by atoms with Crippen molar-refractivity contribution in [1.29, 1.82) is 0 Å². The molecule has 4 aromatic rings. The van der Waals surface area contributed by atoms with E-state index >= 15 is 0 Å². The number of aromatic nitrogens is 2. The minimum absolute atomic E-state index is 0.178. The predicted molar refractivity (Wildman–Crippen MR) is 143 cm³/mol. The van der Waals surface area contributed by atoms with Crippen LogP contribution in [0.25, 0.3) is 22.2 Å². The molecule has 1 aromatic heterocycles. The average Bonchev–Trinajstić information content (AvgIpc) is 3.40. The molecule has 6 rings (SSSR count). The number of imidazole rings is 1. The summed E-state index contributed by atoms with van der Waals surface area (Å²) in [5.74, 6) is 2.12. The number of ether oxygens (including phenoxy) is 3. The molecule has 3 heterocycles. The fourth-order valence-corrected chi connectivity index (χ4v) is 5.31. The zero-order valence-corrected chi connectivity index (χ0v) is 21.0. The lowest BCUT2D eigenvalue weighted by molar-refractivity contribution is -0.120. The lowest BCUT2D eigenvalue weighted by Gasteiger charge is -2.37. The Kier molecular flexibility index (Phi) is 6.55. The number of hydrogen-bond acceptors (Lipinski definition) is 6. The molecule has 7 nitrogen and oxygen atoms in total.